The summed E-state index contributed by atoms with van der Waals surface area (Å²) in [7, 11) is 0. The fraction of sp³-hybridized carbons (Fsp3) is 0.169. The molecule has 0 aliphatic heterocycles. The minimum atomic E-state index is -4.64. The molecule has 6 aromatic rings. The highest BCUT2D eigenvalue weighted by molar-refractivity contribution is 6.02. The van der Waals surface area contributed by atoms with Gasteiger partial charge in [0.2, 0.25) is 0 Å². The number of aryl methyl sites for hydroxylation is 1. The number of halogens is 9. The molecule has 88 heavy (non-hydrogen) atoms. The van der Waals surface area contributed by atoms with E-state index in [1.807, 2.05) is 13.8 Å². The van der Waals surface area contributed by atoms with Gasteiger partial charge in [-0.05, 0) is 142 Å². The van der Waals surface area contributed by atoms with E-state index in [1.165, 1.54) is 36.5 Å². The molecule has 0 bridgehead atoms. The number of ether oxygens (including phenoxy) is 5. The number of carbonyl (C=O) groups excluding carboxylic acids is 6. The van der Waals surface area contributed by atoms with Gasteiger partial charge in [0, 0.05) is 54.6 Å². The van der Waals surface area contributed by atoms with Crippen molar-refractivity contribution in [2.75, 3.05) is 13.2 Å². The van der Waals surface area contributed by atoms with Crippen LogP contribution in [0.15, 0.2) is 199 Å². The first kappa shape index (κ1) is 65.1. The highest BCUT2D eigenvalue weighted by Crippen LogP contribution is 2.39. The van der Waals surface area contributed by atoms with Crippen molar-refractivity contribution in [2.45, 2.75) is 58.6 Å². The summed E-state index contributed by atoms with van der Waals surface area (Å²) in [6, 6.07) is 27.9. The maximum atomic E-state index is 13.2. The maximum Gasteiger partial charge on any atom is 0.416 e. The van der Waals surface area contributed by atoms with Crippen LogP contribution in [0.3, 0.4) is 0 Å². The zero-order chi connectivity index (χ0) is 63.8. The molecular weight excluding hydrogens is 1170 g/mol. The molecular formula is C65H52F9N3O11. The lowest BCUT2D eigenvalue weighted by molar-refractivity contribution is -0.138. The van der Waals surface area contributed by atoms with Crippen molar-refractivity contribution in [3.8, 4) is 46.0 Å². The van der Waals surface area contributed by atoms with Crippen LogP contribution in [0.2, 0.25) is 0 Å². The molecule has 0 spiro atoms. The van der Waals surface area contributed by atoms with Gasteiger partial charge in [0.05, 0.1) is 46.6 Å². The van der Waals surface area contributed by atoms with Crippen LogP contribution in [0.5, 0.6) is 46.0 Å². The largest absolute Gasteiger partial charge is 0.494 e. The average Bonchev–Trinajstić information content (AvgIpc) is 3.08. The van der Waals surface area contributed by atoms with Gasteiger partial charge in [-0.25, -0.2) is 0 Å². The van der Waals surface area contributed by atoms with Gasteiger partial charge in [-0.15, -0.1) is 0 Å². The molecule has 456 valence electrons. The van der Waals surface area contributed by atoms with E-state index in [-0.39, 0.29) is 93.4 Å². The Hall–Kier alpha value is -10.5. The summed E-state index contributed by atoms with van der Waals surface area (Å²) in [5.74, 6) is -1.35. The van der Waals surface area contributed by atoms with Gasteiger partial charge in [0.15, 0.2) is 28.8 Å². The number of allylic oxidation sites excluding steroid dienone is 9. The summed E-state index contributed by atoms with van der Waals surface area (Å²) < 4.78 is 146. The summed E-state index contributed by atoms with van der Waals surface area (Å²) in [6.45, 7) is 6.33. The predicted molar refractivity (Wildman–Crippen MR) is 304 cm³/mol. The number of alkyl halides is 9. The molecule has 3 aliphatic rings. The Kier molecular flexibility index (Phi) is 21.5. The molecule has 0 unspecified atom stereocenters. The Labute approximate surface area is 497 Å². The molecule has 0 aromatic heterocycles. The van der Waals surface area contributed by atoms with E-state index in [2.05, 4.69) is 16.0 Å². The summed E-state index contributed by atoms with van der Waals surface area (Å²) in [5.41, 5.74) is -2.32. The average molecular weight is 1220 g/mol. The lowest BCUT2D eigenvalue weighted by atomic mass is 10.1. The van der Waals surface area contributed by atoms with Gasteiger partial charge in [0.1, 0.15) is 34.5 Å². The molecule has 0 saturated heterocycles. The fourth-order valence-corrected chi connectivity index (χ4v) is 8.05. The van der Waals surface area contributed by atoms with E-state index in [9.17, 15) is 68.3 Å². The Morgan fingerprint density at radius 3 is 1.08 bits per heavy atom. The number of amides is 3. The number of para-hydroxylation sites is 2. The molecule has 3 amide bonds. The number of benzene rings is 6. The monoisotopic (exact) mass is 1220 g/mol. The second-order valence-corrected chi connectivity index (χ2v) is 18.9. The third kappa shape index (κ3) is 18.8. The topological polar surface area (TPSA) is 185 Å². The maximum absolute atomic E-state index is 13.2. The number of hydrogen-bond acceptors (Lipinski definition) is 11. The summed E-state index contributed by atoms with van der Waals surface area (Å²) in [5, 5.41) is 7.34. The van der Waals surface area contributed by atoms with Crippen molar-refractivity contribution >= 4 is 35.1 Å². The second-order valence-electron chi connectivity index (χ2n) is 18.9. The molecule has 0 fully saturated rings. The zero-order valence-electron chi connectivity index (χ0n) is 46.7. The van der Waals surface area contributed by atoms with Gasteiger partial charge in [0.25, 0.3) is 17.7 Å². The Morgan fingerprint density at radius 1 is 0.409 bits per heavy atom. The molecule has 0 saturated carbocycles. The smallest absolute Gasteiger partial charge is 0.416 e. The van der Waals surface area contributed by atoms with Crippen molar-refractivity contribution in [3.63, 3.8) is 0 Å². The van der Waals surface area contributed by atoms with Crippen LogP contribution >= 0.6 is 0 Å². The summed E-state index contributed by atoms with van der Waals surface area (Å²) in [4.78, 5) is 72.5. The molecule has 9 rings (SSSR count). The van der Waals surface area contributed by atoms with Crippen LogP contribution < -0.4 is 39.6 Å². The normalized spacial score (nSPS) is 13.7. The lowest BCUT2D eigenvalue weighted by Gasteiger charge is -2.16. The van der Waals surface area contributed by atoms with Crippen molar-refractivity contribution in [3.05, 3.63) is 238 Å². The third-order valence-corrected chi connectivity index (χ3v) is 12.2. The zero-order valence-corrected chi connectivity index (χ0v) is 46.7. The fourth-order valence-electron chi connectivity index (χ4n) is 8.05. The van der Waals surface area contributed by atoms with Crippen LogP contribution in [0, 0.1) is 6.92 Å². The molecule has 3 N–H and O–H groups in total. The molecule has 6 aromatic carbocycles. The van der Waals surface area contributed by atoms with Crippen molar-refractivity contribution in [2.24, 2.45) is 0 Å². The number of hydrogen-bond donors (Lipinski definition) is 3. The first-order valence-corrected chi connectivity index (χ1v) is 26.6. The van der Waals surface area contributed by atoms with Gasteiger partial charge in [-0.2, -0.15) is 39.5 Å². The highest BCUT2D eigenvalue weighted by Gasteiger charge is 2.35. The van der Waals surface area contributed by atoms with E-state index in [1.54, 1.807) is 97.9 Å². The molecule has 0 heterocycles. The molecule has 23 heteroatoms. The first-order valence-electron chi connectivity index (χ1n) is 26.6. The third-order valence-electron chi connectivity index (χ3n) is 12.2. The summed E-state index contributed by atoms with van der Waals surface area (Å²) in [6.07, 6.45) is -0.382. The Bertz CT molecular complexity index is 3780. The Balaban J connectivity index is 0.000000188. The van der Waals surface area contributed by atoms with Crippen molar-refractivity contribution in [1.29, 1.82) is 0 Å². The SMILES string of the molecule is CCOc1ccc(Oc2ccc(C(F)(F)F)cc2C(=O)NC2=CC(=O)CC=C2)cc1.CCOc1ccccc1Oc1ccc(C(F)(F)F)cc1C(=O)NC1=CC(=O)CC=C1.Cc1ccc(Oc2ccc(C(F)(F)F)cc2C(=O)NC2=CC(=O)CC=C2)cc1. The summed E-state index contributed by atoms with van der Waals surface area (Å²) >= 11 is 0. The van der Waals surface area contributed by atoms with Crippen LogP contribution in [0.25, 0.3) is 0 Å². The standard InChI is InChI=1S/2C22H18F3NO4.C21H16F3NO3/c1-2-29-19-8-3-4-9-20(19)30-18-11-10-14(22(23,24)25)12-17(18)21(28)26-15-6-5-7-16(27)13-15;1-2-29-17-7-9-18(10-8-17)30-20-11-6-14(22(23,24)25)12-19(20)21(28)26-15-4-3-5-16(27)13-15;1-13-5-8-17(9-6-13)28-19-10-7-14(21(22,23)24)11-18(19)20(27)25-15-3-2-4-16(26)12-15/h3-6,8-13H,2,7H2,1H3,(H,26,28);3-4,6-13H,2,5H2,1H3,(H,26,28);2-3,5-12H,4H2,1H3,(H,25,27). The number of ketones is 3. The van der Waals surface area contributed by atoms with E-state index in [0.29, 0.717) is 48.3 Å². The van der Waals surface area contributed by atoms with Gasteiger partial charge >= 0.3 is 18.5 Å². The quantitative estimate of drug-likeness (QED) is 0.0784. The number of nitrogens with one attached hydrogen (secondary N) is 3. The van der Waals surface area contributed by atoms with Crippen molar-refractivity contribution in [1.82, 2.24) is 16.0 Å². The van der Waals surface area contributed by atoms with Crippen molar-refractivity contribution < 1.29 is 92.0 Å². The Morgan fingerprint density at radius 2 is 0.739 bits per heavy atom. The molecule has 0 atom stereocenters. The lowest BCUT2D eigenvalue weighted by Crippen LogP contribution is -2.24. The van der Waals surface area contributed by atoms with Crippen LogP contribution in [-0.4, -0.2) is 48.3 Å². The minimum Gasteiger partial charge on any atom is -0.494 e. The predicted octanol–water partition coefficient (Wildman–Crippen LogP) is 15.0. The molecule has 14 nitrogen and oxygen atoms in total. The van der Waals surface area contributed by atoms with Crippen LogP contribution in [-0.2, 0) is 32.9 Å². The minimum absolute atomic E-state index is 0.0268. The molecule has 3 aliphatic carbocycles. The van der Waals surface area contributed by atoms with Gasteiger partial charge < -0.3 is 39.6 Å². The van der Waals surface area contributed by atoms with E-state index in [0.717, 1.165) is 48.0 Å². The van der Waals surface area contributed by atoms with Gasteiger partial charge in [-0.3, -0.25) is 28.8 Å². The van der Waals surface area contributed by atoms with E-state index >= 15 is 0 Å². The number of rotatable bonds is 16. The van der Waals surface area contributed by atoms with Crippen LogP contribution in [0.1, 0.15) is 86.4 Å². The second kappa shape index (κ2) is 29.1. The van der Waals surface area contributed by atoms with E-state index < -0.39 is 52.9 Å². The highest BCUT2D eigenvalue weighted by atomic mass is 19.4. The van der Waals surface area contributed by atoms with Gasteiger partial charge in [-0.1, -0.05) is 48.1 Å². The van der Waals surface area contributed by atoms with Crippen LogP contribution in [0.4, 0.5) is 39.5 Å². The first-order chi connectivity index (χ1) is 41.8. The van der Waals surface area contributed by atoms with E-state index in [4.69, 9.17) is 23.7 Å². The number of carbonyl (C=O) groups is 6. The molecule has 0 radical (unpaired) electrons.